The van der Waals surface area contributed by atoms with Crippen LogP contribution in [0.3, 0.4) is 0 Å². The third-order valence-electron chi connectivity index (χ3n) is 3.35. The SMILES string of the molecule is CCCCCCCCCCCO[Si](C)(OC)OC.F. The number of halogens is 1. The summed E-state index contributed by atoms with van der Waals surface area (Å²) in [5.41, 5.74) is 0. The molecule has 0 saturated carbocycles. The maximum atomic E-state index is 5.68. The summed E-state index contributed by atoms with van der Waals surface area (Å²) in [6.45, 7) is 4.96. The second kappa shape index (κ2) is 14.4. The molecule has 0 aromatic heterocycles. The first kappa shape index (κ1) is 21.3. The van der Waals surface area contributed by atoms with E-state index in [1.807, 2.05) is 6.55 Å². The van der Waals surface area contributed by atoms with Gasteiger partial charge in [-0.15, -0.1) is 0 Å². The van der Waals surface area contributed by atoms with Gasteiger partial charge in [-0.25, -0.2) is 0 Å². The van der Waals surface area contributed by atoms with Crippen LogP contribution in [-0.2, 0) is 13.3 Å². The summed E-state index contributed by atoms with van der Waals surface area (Å²) in [6.07, 6.45) is 12.0. The van der Waals surface area contributed by atoms with Crippen molar-refractivity contribution in [1.29, 1.82) is 0 Å². The van der Waals surface area contributed by atoms with Crippen molar-refractivity contribution in [2.45, 2.75) is 71.3 Å². The van der Waals surface area contributed by atoms with Crippen LogP contribution in [0.25, 0.3) is 0 Å². The fourth-order valence-corrected chi connectivity index (χ4v) is 2.79. The molecule has 0 saturated heterocycles. The van der Waals surface area contributed by atoms with Crippen molar-refractivity contribution in [1.82, 2.24) is 0 Å². The summed E-state index contributed by atoms with van der Waals surface area (Å²) in [5.74, 6) is 0. The predicted octanol–water partition coefficient (Wildman–Crippen LogP) is 4.55. The quantitative estimate of drug-likeness (QED) is 0.369. The lowest BCUT2D eigenvalue weighted by Gasteiger charge is -2.21. The molecule has 118 valence electrons. The largest absolute Gasteiger partial charge is 0.497 e. The Hall–Kier alpha value is 0.0269. The first-order valence-electron chi connectivity index (χ1n) is 7.42. The van der Waals surface area contributed by atoms with Crippen LogP contribution in [0.5, 0.6) is 0 Å². The van der Waals surface area contributed by atoms with E-state index in [9.17, 15) is 0 Å². The zero-order chi connectivity index (χ0) is 13.7. The molecule has 0 aromatic rings. The van der Waals surface area contributed by atoms with Gasteiger partial charge in [-0.3, -0.25) is 4.70 Å². The predicted molar refractivity (Wildman–Crippen MR) is 81.3 cm³/mol. The van der Waals surface area contributed by atoms with E-state index in [0.29, 0.717) is 0 Å². The summed E-state index contributed by atoms with van der Waals surface area (Å²) < 4.78 is 16.2. The van der Waals surface area contributed by atoms with Crippen molar-refractivity contribution in [3.8, 4) is 0 Å². The molecule has 5 heteroatoms. The van der Waals surface area contributed by atoms with E-state index in [2.05, 4.69) is 6.92 Å². The second-order valence-corrected chi connectivity index (χ2v) is 7.78. The van der Waals surface area contributed by atoms with Crippen molar-refractivity contribution in [3.05, 3.63) is 0 Å². The molecule has 0 aliphatic rings. The summed E-state index contributed by atoms with van der Waals surface area (Å²) in [5, 5.41) is 0. The van der Waals surface area contributed by atoms with Gasteiger partial charge in [0, 0.05) is 27.4 Å². The van der Waals surface area contributed by atoms with Crippen molar-refractivity contribution < 1.29 is 18.0 Å². The maximum Gasteiger partial charge on any atom is 0.497 e. The summed E-state index contributed by atoms with van der Waals surface area (Å²) in [6, 6.07) is 0. The Morgan fingerprint density at radius 1 is 0.737 bits per heavy atom. The van der Waals surface area contributed by atoms with E-state index >= 15 is 0 Å². The zero-order valence-electron chi connectivity index (χ0n) is 13.2. The first-order valence-corrected chi connectivity index (χ1v) is 9.65. The highest BCUT2D eigenvalue weighted by Gasteiger charge is 2.31. The van der Waals surface area contributed by atoms with E-state index in [1.165, 1.54) is 51.4 Å². The van der Waals surface area contributed by atoms with Crippen molar-refractivity contribution in [2.24, 2.45) is 0 Å². The molecule has 0 amide bonds. The van der Waals surface area contributed by atoms with E-state index in [4.69, 9.17) is 13.3 Å². The summed E-state index contributed by atoms with van der Waals surface area (Å²) in [7, 11) is 1.03. The minimum absolute atomic E-state index is 0. The van der Waals surface area contributed by atoms with Crippen LogP contribution in [0.4, 0.5) is 4.70 Å². The standard InChI is InChI=1S/C14H32O3Si.FH/c1-5-6-7-8-9-10-11-12-13-14-17-18(4,15-2)16-3;/h5-14H2,1-4H3;1H. The fraction of sp³-hybridized carbons (Fsp3) is 1.00. The molecule has 0 aliphatic heterocycles. The maximum absolute atomic E-state index is 5.68. The molecule has 0 atom stereocenters. The molecular formula is C14H33FO3Si. The van der Waals surface area contributed by atoms with Crippen LogP contribution in [0.1, 0.15) is 64.7 Å². The Bertz CT molecular complexity index is 178. The van der Waals surface area contributed by atoms with Gasteiger partial charge < -0.3 is 13.3 Å². The Morgan fingerprint density at radius 2 is 1.16 bits per heavy atom. The lowest BCUT2D eigenvalue weighted by Crippen LogP contribution is -2.40. The summed E-state index contributed by atoms with van der Waals surface area (Å²) in [4.78, 5) is 0. The lowest BCUT2D eigenvalue weighted by atomic mass is 10.1. The second-order valence-electron chi connectivity index (χ2n) is 4.95. The molecule has 0 fully saturated rings. The molecule has 0 aromatic carbocycles. The van der Waals surface area contributed by atoms with Crippen molar-refractivity contribution >= 4 is 8.80 Å². The van der Waals surface area contributed by atoms with Gasteiger partial charge in [0.1, 0.15) is 0 Å². The third kappa shape index (κ3) is 12.8. The molecule has 0 unspecified atom stereocenters. The van der Waals surface area contributed by atoms with Crippen LogP contribution in [-0.4, -0.2) is 29.6 Å². The van der Waals surface area contributed by atoms with Gasteiger partial charge in [0.15, 0.2) is 0 Å². The van der Waals surface area contributed by atoms with E-state index in [1.54, 1.807) is 14.2 Å². The van der Waals surface area contributed by atoms with Crippen molar-refractivity contribution in [2.75, 3.05) is 20.8 Å². The van der Waals surface area contributed by atoms with E-state index < -0.39 is 8.80 Å². The molecule has 0 N–H and O–H groups in total. The van der Waals surface area contributed by atoms with Gasteiger partial charge in [-0.2, -0.15) is 0 Å². The molecule has 0 aliphatic carbocycles. The average molecular weight is 296 g/mol. The first-order chi connectivity index (χ1) is 8.68. The average Bonchev–Trinajstić information content (AvgIpc) is 2.40. The van der Waals surface area contributed by atoms with Crippen molar-refractivity contribution in [3.63, 3.8) is 0 Å². The van der Waals surface area contributed by atoms with Gasteiger partial charge in [0.2, 0.25) is 0 Å². The van der Waals surface area contributed by atoms with Gasteiger partial charge in [0.25, 0.3) is 0 Å². The summed E-state index contributed by atoms with van der Waals surface area (Å²) >= 11 is 0. The minimum Gasteiger partial charge on any atom is -0.377 e. The van der Waals surface area contributed by atoms with Crippen LogP contribution in [0.15, 0.2) is 0 Å². The Balaban J connectivity index is 0. The number of hydrogen-bond acceptors (Lipinski definition) is 3. The smallest absolute Gasteiger partial charge is 0.377 e. The number of hydrogen-bond donors (Lipinski definition) is 0. The lowest BCUT2D eigenvalue weighted by molar-refractivity contribution is 0.104. The van der Waals surface area contributed by atoms with Gasteiger partial charge >= 0.3 is 8.80 Å². The minimum atomic E-state index is -2.29. The molecule has 0 spiro atoms. The van der Waals surface area contributed by atoms with Crippen LogP contribution >= 0.6 is 0 Å². The zero-order valence-corrected chi connectivity index (χ0v) is 14.2. The highest BCUT2D eigenvalue weighted by Crippen LogP contribution is 2.11. The number of unbranched alkanes of at least 4 members (excludes halogenated alkanes) is 8. The fourth-order valence-electron chi connectivity index (χ4n) is 1.87. The molecule has 0 heterocycles. The Kier molecular flexibility index (Phi) is 16.2. The number of rotatable bonds is 13. The van der Waals surface area contributed by atoms with Gasteiger partial charge in [0.05, 0.1) is 0 Å². The topological polar surface area (TPSA) is 27.7 Å². The molecule has 0 bridgehead atoms. The Morgan fingerprint density at radius 3 is 1.58 bits per heavy atom. The highest BCUT2D eigenvalue weighted by atomic mass is 28.4. The molecule has 3 nitrogen and oxygen atoms in total. The third-order valence-corrected chi connectivity index (χ3v) is 5.57. The van der Waals surface area contributed by atoms with Crippen LogP contribution < -0.4 is 0 Å². The van der Waals surface area contributed by atoms with Crippen LogP contribution in [0.2, 0.25) is 6.55 Å². The Labute approximate surface area is 119 Å². The molecule has 0 radical (unpaired) electrons. The monoisotopic (exact) mass is 296 g/mol. The highest BCUT2D eigenvalue weighted by molar-refractivity contribution is 6.59. The van der Waals surface area contributed by atoms with Gasteiger partial charge in [-0.1, -0.05) is 58.3 Å². The molecular weight excluding hydrogens is 263 g/mol. The molecule has 19 heavy (non-hydrogen) atoms. The normalized spacial score (nSPS) is 11.4. The van der Waals surface area contributed by atoms with Gasteiger partial charge in [-0.05, 0) is 6.42 Å². The van der Waals surface area contributed by atoms with Crippen LogP contribution in [0, 0.1) is 0 Å². The van der Waals surface area contributed by atoms with E-state index in [0.717, 1.165) is 13.0 Å². The molecule has 0 rings (SSSR count). The van der Waals surface area contributed by atoms with E-state index in [-0.39, 0.29) is 4.70 Å².